The molecule has 3 heterocycles. The molecule has 3 aliphatic rings. The lowest BCUT2D eigenvalue weighted by Gasteiger charge is -2.38. The zero-order chi connectivity index (χ0) is 20.2. The van der Waals surface area contributed by atoms with Gasteiger partial charge in [0.05, 0.1) is 6.10 Å². The fourth-order valence-corrected chi connectivity index (χ4v) is 4.31. The lowest BCUT2D eigenvalue weighted by molar-refractivity contribution is -0.149. The van der Waals surface area contributed by atoms with E-state index >= 15 is 0 Å². The van der Waals surface area contributed by atoms with E-state index < -0.39 is 0 Å². The Bertz CT molecular complexity index is 709. The summed E-state index contributed by atoms with van der Waals surface area (Å²) in [5.74, 6) is 1.87. The van der Waals surface area contributed by atoms with E-state index in [1.807, 2.05) is 11.8 Å². The highest BCUT2D eigenvalue weighted by atomic mass is 16.5. The van der Waals surface area contributed by atoms with Gasteiger partial charge >= 0.3 is 0 Å². The van der Waals surface area contributed by atoms with Gasteiger partial charge in [0.25, 0.3) is 5.91 Å². The zero-order valence-electron chi connectivity index (χ0n) is 17.3. The Morgan fingerprint density at radius 2 is 1.97 bits per heavy atom. The van der Waals surface area contributed by atoms with E-state index in [9.17, 15) is 9.59 Å². The maximum absolute atomic E-state index is 12.3. The Morgan fingerprint density at radius 3 is 2.69 bits per heavy atom. The first-order valence-electron chi connectivity index (χ1n) is 10.9. The van der Waals surface area contributed by atoms with Crippen LogP contribution in [0.15, 0.2) is 10.8 Å². The molecule has 1 aromatic rings. The van der Waals surface area contributed by atoms with Gasteiger partial charge in [-0.25, -0.2) is 4.98 Å². The van der Waals surface area contributed by atoms with Crippen LogP contribution in [0.2, 0.25) is 0 Å². The van der Waals surface area contributed by atoms with Crippen LogP contribution >= 0.6 is 0 Å². The standard InChI is InChI=1S/C21H32N4O4/c1-2-18-20(23-14-29-18)21(27)22-9-17-12-25(19(26)13-28-17)11-16-5-7-24(8-6-16)10-15-3-4-15/h14-17H,2-13H2,1H3,(H,22,27)/t17-/m0/s1. The van der Waals surface area contributed by atoms with Crippen molar-refractivity contribution in [1.29, 1.82) is 0 Å². The molecule has 8 nitrogen and oxygen atoms in total. The van der Waals surface area contributed by atoms with Crippen molar-refractivity contribution >= 4 is 11.8 Å². The number of nitrogens with zero attached hydrogens (tertiary/aromatic N) is 3. The number of carbonyl (C=O) groups is 2. The van der Waals surface area contributed by atoms with Crippen LogP contribution < -0.4 is 5.32 Å². The smallest absolute Gasteiger partial charge is 0.273 e. The number of carbonyl (C=O) groups excluding carboxylic acids is 2. The van der Waals surface area contributed by atoms with Gasteiger partial charge in [-0.2, -0.15) is 0 Å². The minimum atomic E-state index is -0.259. The van der Waals surface area contributed by atoms with Crippen molar-refractivity contribution in [3.63, 3.8) is 0 Å². The second kappa shape index (κ2) is 9.26. The van der Waals surface area contributed by atoms with Gasteiger partial charge < -0.3 is 24.3 Å². The molecule has 2 amide bonds. The molecule has 0 spiro atoms. The summed E-state index contributed by atoms with van der Waals surface area (Å²) in [5, 5.41) is 2.87. The van der Waals surface area contributed by atoms with Crippen LogP contribution in [-0.2, 0) is 16.0 Å². The van der Waals surface area contributed by atoms with Crippen molar-refractivity contribution in [2.45, 2.75) is 45.1 Å². The number of aromatic nitrogens is 1. The minimum Gasteiger partial charge on any atom is -0.448 e. The fraction of sp³-hybridized carbons (Fsp3) is 0.762. The molecule has 2 aliphatic heterocycles. The summed E-state index contributed by atoms with van der Waals surface area (Å²) in [4.78, 5) is 33.2. The van der Waals surface area contributed by atoms with E-state index in [0.717, 1.165) is 38.4 Å². The Hall–Kier alpha value is -1.93. The van der Waals surface area contributed by atoms with E-state index in [1.165, 1.54) is 25.8 Å². The monoisotopic (exact) mass is 404 g/mol. The van der Waals surface area contributed by atoms with Crippen molar-refractivity contribution in [2.75, 3.05) is 45.9 Å². The Labute approximate surface area is 172 Å². The molecule has 0 unspecified atom stereocenters. The molecular weight excluding hydrogens is 372 g/mol. The van der Waals surface area contributed by atoms with Gasteiger partial charge in [-0.05, 0) is 50.6 Å². The first-order chi connectivity index (χ1) is 14.1. The molecule has 29 heavy (non-hydrogen) atoms. The van der Waals surface area contributed by atoms with Crippen LogP contribution in [-0.4, -0.2) is 78.6 Å². The topological polar surface area (TPSA) is 87.9 Å². The average Bonchev–Trinajstić information content (AvgIpc) is 3.41. The van der Waals surface area contributed by atoms with Gasteiger partial charge in [0.15, 0.2) is 12.1 Å². The highest BCUT2D eigenvalue weighted by Gasteiger charge is 2.31. The molecular formula is C21H32N4O4. The maximum Gasteiger partial charge on any atom is 0.273 e. The van der Waals surface area contributed by atoms with Crippen LogP contribution in [0.5, 0.6) is 0 Å². The molecule has 0 aromatic carbocycles. The van der Waals surface area contributed by atoms with Gasteiger partial charge in [-0.15, -0.1) is 0 Å². The number of ether oxygens (including phenoxy) is 1. The Balaban J connectivity index is 1.22. The minimum absolute atomic E-state index is 0.0535. The molecule has 8 heteroatoms. The second-order valence-electron chi connectivity index (χ2n) is 8.61. The molecule has 1 N–H and O–H groups in total. The van der Waals surface area contributed by atoms with Gasteiger partial charge in [0.1, 0.15) is 12.4 Å². The van der Waals surface area contributed by atoms with Crippen LogP contribution in [0.1, 0.15) is 48.9 Å². The Kier molecular flexibility index (Phi) is 6.50. The third kappa shape index (κ3) is 5.36. The first kappa shape index (κ1) is 20.3. The molecule has 1 atom stereocenters. The highest BCUT2D eigenvalue weighted by molar-refractivity contribution is 5.93. The summed E-state index contributed by atoms with van der Waals surface area (Å²) in [6.07, 6.45) is 6.83. The molecule has 4 rings (SSSR count). The van der Waals surface area contributed by atoms with Crippen molar-refractivity contribution in [3.8, 4) is 0 Å². The number of aryl methyl sites for hydroxylation is 1. The van der Waals surface area contributed by atoms with Gasteiger partial charge in [0, 0.05) is 32.6 Å². The van der Waals surface area contributed by atoms with Crippen molar-refractivity contribution in [1.82, 2.24) is 20.1 Å². The number of hydrogen-bond acceptors (Lipinski definition) is 6. The van der Waals surface area contributed by atoms with E-state index in [1.54, 1.807) is 0 Å². The zero-order valence-corrected chi connectivity index (χ0v) is 17.3. The maximum atomic E-state index is 12.3. The van der Waals surface area contributed by atoms with Crippen molar-refractivity contribution in [3.05, 3.63) is 17.8 Å². The SMILES string of the molecule is CCc1ocnc1C(=O)NC[C@H]1CN(CC2CCN(CC3CC3)CC2)C(=O)CO1. The molecule has 0 radical (unpaired) electrons. The van der Waals surface area contributed by atoms with Crippen LogP contribution in [0.3, 0.4) is 0 Å². The molecule has 2 saturated heterocycles. The summed E-state index contributed by atoms with van der Waals surface area (Å²) < 4.78 is 10.9. The summed E-state index contributed by atoms with van der Waals surface area (Å²) in [5.41, 5.74) is 0.328. The van der Waals surface area contributed by atoms with Crippen molar-refractivity contribution in [2.24, 2.45) is 11.8 Å². The number of hydrogen-bond donors (Lipinski definition) is 1. The quantitative estimate of drug-likeness (QED) is 0.703. The highest BCUT2D eigenvalue weighted by Crippen LogP contribution is 2.31. The molecule has 1 aliphatic carbocycles. The number of likely N-dealkylation sites (tertiary alicyclic amines) is 1. The van der Waals surface area contributed by atoms with E-state index in [2.05, 4.69) is 15.2 Å². The summed E-state index contributed by atoms with van der Waals surface area (Å²) in [7, 11) is 0. The van der Waals surface area contributed by atoms with E-state index in [-0.39, 0.29) is 24.5 Å². The first-order valence-corrected chi connectivity index (χ1v) is 10.9. The number of morpholine rings is 1. The number of nitrogens with one attached hydrogen (secondary N) is 1. The lowest BCUT2D eigenvalue weighted by atomic mass is 9.95. The molecule has 1 saturated carbocycles. The third-order valence-corrected chi connectivity index (χ3v) is 6.29. The second-order valence-corrected chi connectivity index (χ2v) is 8.61. The van der Waals surface area contributed by atoms with Crippen LogP contribution in [0.25, 0.3) is 0 Å². The Morgan fingerprint density at radius 1 is 1.21 bits per heavy atom. The number of amides is 2. The lowest BCUT2D eigenvalue weighted by Crippen LogP contribution is -2.52. The number of rotatable bonds is 8. The molecule has 0 bridgehead atoms. The van der Waals surface area contributed by atoms with E-state index in [4.69, 9.17) is 9.15 Å². The number of oxazole rings is 1. The molecule has 1 aromatic heterocycles. The van der Waals surface area contributed by atoms with Gasteiger partial charge in [0.2, 0.25) is 5.91 Å². The largest absolute Gasteiger partial charge is 0.448 e. The predicted molar refractivity (Wildman–Crippen MR) is 106 cm³/mol. The van der Waals surface area contributed by atoms with E-state index in [0.29, 0.717) is 36.9 Å². The van der Waals surface area contributed by atoms with Crippen LogP contribution in [0, 0.1) is 11.8 Å². The molecule has 3 fully saturated rings. The van der Waals surface area contributed by atoms with Crippen LogP contribution in [0.4, 0.5) is 0 Å². The normalized spacial score (nSPS) is 24.1. The molecule has 160 valence electrons. The summed E-state index contributed by atoms with van der Waals surface area (Å²) in [6.45, 7) is 7.25. The van der Waals surface area contributed by atoms with Gasteiger partial charge in [-0.3, -0.25) is 9.59 Å². The summed E-state index contributed by atoms with van der Waals surface area (Å²) >= 11 is 0. The predicted octanol–water partition coefficient (Wildman–Crippen LogP) is 1.32. The van der Waals surface area contributed by atoms with Gasteiger partial charge in [-0.1, -0.05) is 6.92 Å². The third-order valence-electron chi connectivity index (χ3n) is 6.29. The average molecular weight is 405 g/mol. The van der Waals surface area contributed by atoms with Crippen molar-refractivity contribution < 1.29 is 18.7 Å². The number of piperidine rings is 1. The fourth-order valence-electron chi connectivity index (χ4n) is 4.31. The summed E-state index contributed by atoms with van der Waals surface area (Å²) in [6, 6.07) is 0.